The second-order valence-electron chi connectivity index (χ2n) is 6.14. The number of pyridine rings is 1. The molecule has 0 amide bonds. The topological polar surface area (TPSA) is 28.2 Å². The minimum Gasteiger partial charge on any atom is -0.370 e. The van der Waals surface area contributed by atoms with Crippen LogP contribution in [0.5, 0.6) is 0 Å². The SMILES string of the molecule is CCCNc1cc(CN2CCC(CC)(CC)C2)ccn1. The molecule has 0 saturated carbocycles. The van der Waals surface area contributed by atoms with Crippen molar-refractivity contribution >= 4 is 5.82 Å². The predicted molar refractivity (Wildman–Crippen MR) is 85.9 cm³/mol. The Morgan fingerprint density at radius 2 is 2.10 bits per heavy atom. The van der Waals surface area contributed by atoms with Crippen molar-refractivity contribution in [3.63, 3.8) is 0 Å². The van der Waals surface area contributed by atoms with Crippen LogP contribution < -0.4 is 5.32 Å². The molecule has 0 atom stereocenters. The number of hydrogen-bond acceptors (Lipinski definition) is 3. The fraction of sp³-hybridized carbons (Fsp3) is 0.706. The van der Waals surface area contributed by atoms with E-state index >= 15 is 0 Å². The monoisotopic (exact) mass is 275 g/mol. The Bertz CT molecular complexity index is 412. The van der Waals surface area contributed by atoms with Gasteiger partial charge in [0.05, 0.1) is 0 Å². The van der Waals surface area contributed by atoms with Crippen LogP contribution in [0.3, 0.4) is 0 Å². The van der Waals surface area contributed by atoms with Gasteiger partial charge in [0.25, 0.3) is 0 Å². The van der Waals surface area contributed by atoms with Crippen molar-refractivity contribution in [1.82, 2.24) is 9.88 Å². The zero-order valence-electron chi connectivity index (χ0n) is 13.3. The van der Waals surface area contributed by atoms with Crippen molar-refractivity contribution in [3.05, 3.63) is 23.9 Å². The van der Waals surface area contributed by atoms with Gasteiger partial charge in [-0.05, 0) is 55.3 Å². The highest BCUT2D eigenvalue weighted by Crippen LogP contribution is 2.37. The minimum atomic E-state index is 0.566. The first-order valence-electron chi connectivity index (χ1n) is 8.12. The molecular formula is C17H29N3. The number of nitrogens with zero attached hydrogens (tertiary/aromatic N) is 2. The van der Waals surface area contributed by atoms with Crippen LogP contribution in [-0.2, 0) is 6.54 Å². The molecule has 0 aliphatic carbocycles. The first kappa shape index (κ1) is 15.3. The molecule has 1 aliphatic heterocycles. The van der Waals surface area contributed by atoms with Gasteiger partial charge in [-0.25, -0.2) is 4.98 Å². The highest BCUT2D eigenvalue weighted by molar-refractivity contribution is 5.37. The summed E-state index contributed by atoms with van der Waals surface area (Å²) >= 11 is 0. The molecule has 3 nitrogen and oxygen atoms in total. The summed E-state index contributed by atoms with van der Waals surface area (Å²) in [6, 6.07) is 4.35. The van der Waals surface area contributed by atoms with Gasteiger partial charge in [0.1, 0.15) is 5.82 Å². The number of hydrogen-bond donors (Lipinski definition) is 1. The molecule has 1 saturated heterocycles. The fourth-order valence-electron chi connectivity index (χ4n) is 3.17. The first-order chi connectivity index (χ1) is 9.71. The van der Waals surface area contributed by atoms with Crippen LogP contribution in [0.4, 0.5) is 5.82 Å². The molecule has 3 heteroatoms. The first-order valence-corrected chi connectivity index (χ1v) is 8.12. The van der Waals surface area contributed by atoms with Crippen LogP contribution in [0, 0.1) is 5.41 Å². The maximum absolute atomic E-state index is 4.38. The maximum atomic E-state index is 4.38. The molecular weight excluding hydrogens is 246 g/mol. The zero-order chi connectivity index (χ0) is 14.4. The van der Waals surface area contributed by atoms with E-state index in [4.69, 9.17) is 0 Å². The van der Waals surface area contributed by atoms with Crippen LogP contribution in [0.1, 0.15) is 52.0 Å². The average Bonchev–Trinajstić information content (AvgIpc) is 2.89. The van der Waals surface area contributed by atoms with Gasteiger partial charge < -0.3 is 5.32 Å². The fourth-order valence-corrected chi connectivity index (χ4v) is 3.17. The Balaban J connectivity index is 1.94. The third-order valence-corrected chi connectivity index (χ3v) is 4.80. The molecule has 112 valence electrons. The summed E-state index contributed by atoms with van der Waals surface area (Å²) in [7, 11) is 0. The molecule has 1 aromatic heterocycles. The standard InChI is InChI=1S/C17H29N3/c1-4-9-18-16-12-15(7-10-19-16)13-20-11-8-17(5-2,6-3)14-20/h7,10,12H,4-6,8-9,11,13-14H2,1-3H3,(H,18,19). The Hall–Kier alpha value is -1.09. The summed E-state index contributed by atoms with van der Waals surface area (Å²) in [6.07, 6.45) is 7.02. The molecule has 0 radical (unpaired) electrons. The number of anilines is 1. The summed E-state index contributed by atoms with van der Waals surface area (Å²) in [5.74, 6) is 1.01. The van der Waals surface area contributed by atoms with Crippen LogP contribution in [0.15, 0.2) is 18.3 Å². The largest absolute Gasteiger partial charge is 0.370 e. The second kappa shape index (κ2) is 7.07. The van der Waals surface area contributed by atoms with Gasteiger partial charge in [-0.1, -0.05) is 20.8 Å². The molecule has 1 aromatic rings. The number of likely N-dealkylation sites (tertiary alicyclic amines) is 1. The smallest absolute Gasteiger partial charge is 0.126 e. The number of aromatic nitrogens is 1. The lowest BCUT2D eigenvalue weighted by molar-refractivity contribution is 0.236. The van der Waals surface area contributed by atoms with Gasteiger partial charge >= 0.3 is 0 Å². The van der Waals surface area contributed by atoms with Crippen LogP contribution >= 0.6 is 0 Å². The van der Waals surface area contributed by atoms with Crippen LogP contribution in [0.2, 0.25) is 0 Å². The quantitative estimate of drug-likeness (QED) is 0.817. The van der Waals surface area contributed by atoms with E-state index in [1.54, 1.807) is 0 Å². The number of nitrogens with one attached hydrogen (secondary N) is 1. The van der Waals surface area contributed by atoms with Crippen molar-refractivity contribution in [2.24, 2.45) is 5.41 Å². The van der Waals surface area contributed by atoms with E-state index in [9.17, 15) is 0 Å². The van der Waals surface area contributed by atoms with Gasteiger partial charge in [0, 0.05) is 25.8 Å². The Labute approximate surface area is 123 Å². The van der Waals surface area contributed by atoms with E-state index in [0.29, 0.717) is 5.41 Å². The number of rotatable bonds is 7. The molecule has 1 fully saturated rings. The maximum Gasteiger partial charge on any atom is 0.126 e. The second-order valence-corrected chi connectivity index (χ2v) is 6.14. The highest BCUT2D eigenvalue weighted by atomic mass is 15.2. The summed E-state index contributed by atoms with van der Waals surface area (Å²) in [6.45, 7) is 11.4. The molecule has 2 rings (SSSR count). The third-order valence-electron chi connectivity index (χ3n) is 4.80. The minimum absolute atomic E-state index is 0.566. The van der Waals surface area contributed by atoms with Crippen molar-refractivity contribution in [2.75, 3.05) is 25.0 Å². The van der Waals surface area contributed by atoms with Gasteiger partial charge in [-0.3, -0.25) is 4.90 Å². The lowest BCUT2D eigenvalue weighted by Gasteiger charge is -2.26. The Morgan fingerprint density at radius 3 is 2.75 bits per heavy atom. The van der Waals surface area contributed by atoms with Gasteiger partial charge in [-0.2, -0.15) is 0 Å². The molecule has 2 heterocycles. The molecule has 0 unspecified atom stereocenters. The average molecular weight is 275 g/mol. The van der Waals surface area contributed by atoms with E-state index < -0.39 is 0 Å². The molecule has 0 bridgehead atoms. The lowest BCUT2D eigenvalue weighted by atomic mass is 9.82. The van der Waals surface area contributed by atoms with Crippen LogP contribution in [0.25, 0.3) is 0 Å². The van der Waals surface area contributed by atoms with Crippen molar-refractivity contribution in [3.8, 4) is 0 Å². The summed E-state index contributed by atoms with van der Waals surface area (Å²) in [5.41, 5.74) is 1.94. The molecule has 20 heavy (non-hydrogen) atoms. The third kappa shape index (κ3) is 3.72. The van der Waals surface area contributed by atoms with Gasteiger partial charge in [0.2, 0.25) is 0 Å². The molecule has 1 aliphatic rings. The van der Waals surface area contributed by atoms with Crippen molar-refractivity contribution < 1.29 is 0 Å². The molecule has 1 N–H and O–H groups in total. The van der Waals surface area contributed by atoms with E-state index in [2.05, 4.69) is 48.1 Å². The summed E-state index contributed by atoms with van der Waals surface area (Å²) < 4.78 is 0. The highest BCUT2D eigenvalue weighted by Gasteiger charge is 2.34. The van der Waals surface area contributed by atoms with Crippen LogP contribution in [-0.4, -0.2) is 29.5 Å². The van der Waals surface area contributed by atoms with E-state index in [0.717, 1.165) is 25.3 Å². The Morgan fingerprint density at radius 1 is 1.30 bits per heavy atom. The Kier molecular flexibility index (Phi) is 5.41. The molecule has 0 spiro atoms. The van der Waals surface area contributed by atoms with E-state index in [1.165, 1.54) is 37.9 Å². The molecule has 0 aromatic carbocycles. The van der Waals surface area contributed by atoms with E-state index in [1.807, 2.05) is 6.20 Å². The van der Waals surface area contributed by atoms with Gasteiger partial charge in [0.15, 0.2) is 0 Å². The van der Waals surface area contributed by atoms with Crippen molar-refractivity contribution in [1.29, 1.82) is 0 Å². The van der Waals surface area contributed by atoms with Crippen molar-refractivity contribution in [2.45, 2.75) is 53.0 Å². The normalized spacial score (nSPS) is 18.4. The summed E-state index contributed by atoms with van der Waals surface area (Å²) in [4.78, 5) is 6.99. The zero-order valence-corrected chi connectivity index (χ0v) is 13.3. The van der Waals surface area contributed by atoms with E-state index in [-0.39, 0.29) is 0 Å². The predicted octanol–water partition coefficient (Wildman–Crippen LogP) is 3.92. The summed E-state index contributed by atoms with van der Waals surface area (Å²) in [5, 5.41) is 3.37. The lowest BCUT2D eigenvalue weighted by Crippen LogP contribution is -2.26. The van der Waals surface area contributed by atoms with Gasteiger partial charge in [-0.15, -0.1) is 0 Å².